The Balaban J connectivity index is 1.69. The number of hydrogen-bond acceptors (Lipinski definition) is 4. The van der Waals surface area contributed by atoms with Crippen molar-refractivity contribution in [2.75, 3.05) is 10.8 Å². The Kier molecular flexibility index (Phi) is 10.7. The van der Waals surface area contributed by atoms with E-state index in [-0.39, 0.29) is 39.1 Å². The van der Waals surface area contributed by atoms with Crippen molar-refractivity contribution in [3.05, 3.63) is 92.9 Å². The molecule has 1 N–H and O–H groups in total. The number of nitrogens with zero attached hydrogens (tertiary/aromatic N) is 2. The van der Waals surface area contributed by atoms with Crippen LogP contribution in [-0.2, 0) is 26.2 Å². The number of rotatable bonds is 10. The number of sulfonamides is 1. The maximum absolute atomic E-state index is 14.1. The Labute approximate surface area is 260 Å². The van der Waals surface area contributed by atoms with Gasteiger partial charge in [-0.1, -0.05) is 88.7 Å². The van der Waals surface area contributed by atoms with Crippen LogP contribution in [0.2, 0.25) is 10.0 Å². The normalized spacial score (nSPS) is 14.7. The molecule has 11 heteroatoms. The van der Waals surface area contributed by atoms with E-state index >= 15 is 0 Å². The second kappa shape index (κ2) is 14.1. The largest absolute Gasteiger partial charge is 0.352 e. The summed E-state index contributed by atoms with van der Waals surface area (Å²) in [6.07, 6.45) is 5.05. The molecule has 0 aliphatic heterocycles. The van der Waals surface area contributed by atoms with Crippen LogP contribution < -0.4 is 9.62 Å². The summed E-state index contributed by atoms with van der Waals surface area (Å²) >= 11 is 15.9. The van der Waals surface area contributed by atoms with Gasteiger partial charge in [0.2, 0.25) is 11.8 Å². The molecule has 1 aliphatic rings. The van der Waals surface area contributed by atoms with Gasteiger partial charge in [0.25, 0.3) is 10.0 Å². The Bertz CT molecular complexity index is 1460. The summed E-state index contributed by atoms with van der Waals surface area (Å²) in [6.45, 7) is 1.20. The van der Waals surface area contributed by atoms with Crippen LogP contribution in [0.25, 0.3) is 0 Å². The predicted molar refractivity (Wildman–Crippen MR) is 167 cm³/mol. The number of carbonyl (C=O) groups is 2. The van der Waals surface area contributed by atoms with Crippen molar-refractivity contribution in [3.8, 4) is 0 Å². The molecule has 0 unspecified atom stereocenters. The van der Waals surface area contributed by atoms with Crippen molar-refractivity contribution in [3.63, 3.8) is 0 Å². The first-order valence-electron chi connectivity index (χ1n) is 13.4. The van der Waals surface area contributed by atoms with Crippen LogP contribution in [-0.4, -0.2) is 43.8 Å². The summed E-state index contributed by atoms with van der Waals surface area (Å²) in [5, 5.41) is 3.54. The molecule has 41 heavy (non-hydrogen) atoms. The van der Waals surface area contributed by atoms with Crippen LogP contribution in [0.1, 0.15) is 44.6 Å². The number of anilines is 1. The van der Waals surface area contributed by atoms with Crippen LogP contribution in [0.4, 0.5) is 5.69 Å². The average molecular weight is 681 g/mol. The maximum atomic E-state index is 14.1. The molecule has 1 atom stereocenters. The standard InChI is InChI=1S/C30H32BrCl2N3O4S/c1-21(30(38)34-26-11-4-2-5-12-26)35(19-22-9-8-10-23(31)15-22)29(37)20-36(27-17-24(32)16-25(33)18-27)41(39,40)28-13-6-3-7-14-28/h3,6-10,13-18,21,26H,2,4-5,11-12,19-20H2,1H3,(H,34,38)/t21-/m1/s1. The Morgan fingerprint density at radius 3 is 2.24 bits per heavy atom. The van der Waals surface area contributed by atoms with E-state index in [9.17, 15) is 18.0 Å². The fourth-order valence-electron chi connectivity index (χ4n) is 4.92. The molecule has 3 aromatic rings. The molecule has 3 aromatic carbocycles. The molecule has 4 rings (SSSR count). The van der Waals surface area contributed by atoms with Crippen molar-refractivity contribution in [2.24, 2.45) is 0 Å². The minimum atomic E-state index is -4.20. The number of halogens is 3. The number of hydrogen-bond donors (Lipinski definition) is 1. The fraction of sp³-hybridized carbons (Fsp3) is 0.333. The molecular formula is C30H32BrCl2N3O4S. The van der Waals surface area contributed by atoms with Crippen molar-refractivity contribution in [1.82, 2.24) is 10.2 Å². The summed E-state index contributed by atoms with van der Waals surface area (Å²) in [5.41, 5.74) is 0.926. The quantitative estimate of drug-likeness (QED) is 0.255. The molecule has 218 valence electrons. The molecule has 0 aromatic heterocycles. The predicted octanol–water partition coefficient (Wildman–Crippen LogP) is 6.82. The second-order valence-corrected chi connectivity index (χ2v) is 13.8. The molecule has 2 amide bonds. The lowest BCUT2D eigenvalue weighted by molar-refractivity contribution is -0.139. The van der Waals surface area contributed by atoms with Crippen LogP contribution >= 0.6 is 39.1 Å². The van der Waals surface area contributed by atoms with Gasteiger partial charge in [-0.15, -0.1) is 0 Å². The van der Waals surface area contributed by atoms with E-state index in [0.717, 1.165) is 46.4 Å². The smallest absolute Gasteiger partial charge is 0.264 e. The highest BCUT2D eigenvalue weighted by Crippen LogP contribution is 2.30. The molecule has 0 radical (unpaired) electrons. The average Bonchev–Trinajstić information content (AvgIpc) is 2.94. The van der Waals surface area contributed by atoms with E-state index in [4.69, 9.17) is 23.2 Å². The zero-order valence-electron chi connectivity index (χ0n) is 22.6. The van der Waals surface area contributed by atoms with Gasteiger partial charge in [0.05, 0.1) is 10.6 Å². The second-order valence-electron chi connectivity index (χ2n) is 10.1. The van der Waals surface area contributed by atoms with E-state index in [1.54, 1.807) is 25.1 Å². The number of nitrogens with one attached hydrogen (secondary N) is 1. The van der Waals surface area contributed by atoms with E-state index in [1.807, 2.05) is 24.3 Å². The number of amides is 2. The van der Waals surface area contributed by atoms with Crippen LogP contribution in [0.5, 0.6) is 0 Å². The number of carbonyl (C=O) groups excluding carboxylic acids is 2. The molecular weight excluding hydrogens is 649 g/mol. The summed E-state index contributed by atoms with van der Waals surface area (Å²) in [5.74, 6) is -0.824. The van der Waals surface area contributed by atoms with Crippen molar-refractivity contribution in [2.45, 2.75) is 62.6 Å². The van der Waals surface area contributed by atoms with Crippen molar-refractivity contribution in [1.29, 1.82) is 0 Å². The zero-order valence-corrected chi connectivity index (χ0v) is 26.5. The SMILES string of the molecule is C[C@H](C(=O)NC1CCCCC1)N(Cc1cccc(Br)c1)C(=O)CN(c1cc(Cl)cc(Cl)c1)S(=O)(=O)c1ccccc1. The van der Waals surface area contributed by atoms with Crippen LogP contribution in [0, 0.1) is 0 Å². The van der Waals surface area contributed by atoms with E-state index in [2.05, 4.69) is 21.2 Å². The van der Waals surface area contributed by atoms with Gasteiger partial charge in [-0.25, -0.2) is 8.42 Å². The lowest BCUT2D eigenvalue weighted by Crippen LogP contribution is -2.53. The van der Waals surface area contributed by atoms with Gasteiger partial charge in [-0.3, -0.25) is 13.9 Å². The molecule has 0 heterocycles. The Hall–Kier alpha value is -2.59. The minimum Gasteiger partial charge on any atom is -0.352 e. The van der Waals surface area contributed by atoms with Gasteiger partial charge in [-0.05, 0) is 67.8 Å². The third-order valence-electron chi connectivity index (χ3n) is 7.11. The lowest BCUT2D eigenvalue weighted by Gasteiger charge is -2.33. The van der Waals surface area contributed by atoms with Gasteiger partial charge in [-0.2, -0.15) is 0 Å². The van der Waals surface area contributed by atoms with Gasteiger partial charge >= 0.3 is 0 Å². The van der Waals surface area contributed by atoms with E-state index < -0.39 is 28.5 Å². The van der Waals surface area contributed by atoms with E-state index in [0.29, 0.717) is 0 Å². The monoisotopic (exact) mass is 679 g/mol. The summed E-state index contributed by atoms with van der Waals surface area (Å²) < 4.78 is 29.5. The molecule has 0 spiro atoms. The van der Waals surface area contributed by atoms with Crippen molar-refractivity contribution < 1.29 is 18.0 Å². The van der Waals surface area contributed by atoms with Crippen LogP contribution in [0.15, 0.2) is 82.2 Å². The molecule has 7 nitrogen and oxygen atoms in total. The number of benzene rings is 3. The topological polar surface area (TPSA) is 86.8 Å². The van der Waals surface area contributed by atoms with Gasteiger partial charge in [0.15, 0.2) is 0 Å². The molecule has 1 saturated carbocycles. The first-order valence-corrected chi connectivity index (χ1v) is 16.4. The third-order valence-corrected chi connectivity index (χ3v) is 9.82. The van der Waals surface area contributed by atoms with Crippen LogP contribution in [0.3, 0.4) is 0 Å². The highest BCUT2D eigenvalue weighted by atomic mass is 79.9. The molecule has 0 saturated heterocycles. The lowest BCUT2D eigenvalue weighted by atomic mass is 9.95. The summed E-state index contributed by atoms with van der Waals surface area (Å²) in [4.78, 5) is 28.9. The zero-order chi connectivity index (χ0) is 29.6. The summed E-state index contributed by atoms with van der Waals surface area (Å²) in [6, 6.07) is 18.8. The van der Waals surface area contributed by atoms with E-state index in [1.165, 1.54) is 35.2 Å². The highest BCUT2D eigenvalue weighted by molar-refractivity contribution is 9.10. The minimum absolute atomic E-state index is 0.00512. The van der Waals surface area contributed by atoms with Gasteiger partial charge in [0.1, 0.15) is 12.6 Å². The first-order chi connectivity index (χ1) is 19.5. The van der Waals surface area contributed by atoms with Crippen molar-refractivity contribution >= 4 is 66.7 Å². The van der Waals surface area contributed by atoms with Gasteiger partial charge in [0, 0.05) is 27.1 Å². The molecule has 1 aliphatic carbocycles. The van der Waals surface area contributed by atoms with Gasteiger partial charge < -0.3 is 10.2 Å². The highest BCUT2D eigenvalue weighted by Gasteiger charge is 2.33. The fourth-order valence-corrected chi connectivity index (χ4v) is 7.30. The summed E-state index contributed by atoms with van der Waals surface area (Å²) in [7, 11) is -4.20. The maximum Gasteiger partial charge on any atom is 0.264 e. The Morgan fingerprint density at radius 1 is 0.951 bits per heavy atom. The molecule has 0 bridgehead atoms. The third kappa shape index (κ3) is 8.25. The first kappa shape index (κ1) is 31.3. The molecule has 1 fully saturated rings. The Morgan fingerprint density at radius 2 is 1.61 bits per heavy atom.